The molecule has 0 radical (unpaired) electrons. The first-order valence-electron chi connectivity index (χ1n) is 8.95. The van der Waals surface area contributed by atoms with Gasteiger partial charge < -0.3 is 9.47 Å². The monoisotopic (exact) mass is 483 g/mol. The molecule has 0 aliphatic carbocycles. The van der Waals surface area contributed by atoms with Gasteiger partial charge in [0.1, 0.15) is 22.9 Å². The largest absolute Gasteiger partial charge is 0.423 e. The minimum absolute atomic E-state index is 0.0853. The van der Waals surface area contributed by atoms with Crippen LogP contribution in [0.3, 0.4) is 0 Å². The number of aliphatic imine (C=N–C) groups is 1. The van der Waals surface area contributed by atoms with Gasteiger partial charge in [0.2, 0.25) is 5.90 Å². The quantitative estimate of drug-likeness (QED) is 0.287. The number of rotatable bonds is 4. The molecule has 1 aliphatic rings. The van der Waals surface area contributed by atoms with Gasteiger partial charge >= 0.3 is 11.9 Å². The fourth-order valence-corrected chi connectivity index (χ4v) is 3.19. The maximum atomic E-state index is 13.7. The average molecular weight is 484 g/mol. The molecule has 3 aromatic rings. The lowest BCUT2D eigenvalue weighted by atomic mass is 10.2. The average Bonchev–Trinajstić information content (AvgIpc) is 3.10. The third kappa shape index (κ3) is 4.59. The van der Waals surface area contributed by atoms with Crippen LogP contribution in [0.15, 0.2) is 81.9 Å². The molecule has 1 aliphatic heterocycles. The van der Waals surface area contributed by atoms with Gasteiger partial charge in [-0.25, -0.2) is 23.4 Å². The Morgan fingerprint density at radius 1 is 1.00 bits per heavy atom. The standard InChI is InChI=1S/C23H12BrF2NO4/c24-15-4-1-3-14(12-15)21-27-19(22(28)31-21)11-13-7-9-16(10-8-13)30-23(29)20-17(25)5-2-6-18(20)26/h1-12H/b19-11+. The number of cyclic esters (lactones) is 1. The van der Waals surface area contributed by atoms with E-state index in [0.717, 1.165) is 22.7 Å². The molecule has 0 aromatic heterocycles. The molecule has 0 unspecified atom stereocenters. The fourth-order valence-electron chi connectivity index (χ4n) is 2.79. The number of carbonyl (C=O) groups excluding carboxylic acids is 2. The lowest BCUT2D eigenvalue weighted by molar-refractivity contribution is -0.129. The number of nitrogens with zero attached hydrogens (tertiary/aromatic N) is 1. The second-order valence-corrected chi connectivity index (χ2v) is 7.32. The SMILES string of the molecule is O=C1OC(c2cccc(Br)c2)=N/C1=C/c1ccc(OC(=O)c2c(F)cccc2F)cc1. The van der Waals surface area contributed by atoms with E-state index in [1.807, 2.05) is 6.07 Å². The molecule has 0 saturated heterocycles. The zero-order valence-electron chi connectivity index (χ0n) is 15.6. The van der Waals surface area contributed by atoms with Crippen molar-refractivity contribution in [2.24, 2.45) is 4.99 Å². The van der Waals surface area contributed by atoms with Crippen molar-refractivity contribution >= 4 is 39.8 Å². The van der Waals surface area contributed by atoms with E-state index in [9.17, 15) is 18.4 Å². The summed E-state index contributed by atoms with van der Waals surface area (Å²) in [4.78, 5) is 28.4. The summed E-state index contributed by atoms with van der Waals surface area (Å²) in [5.74, 6) is -3.49. The number of ether oxygens (including phenoxy) is 2. The smallest absolute Gasteiger partial charge is 0.363 e. The molecule has 4 rings (SSSR count). The van der Waals surface area contributed by atoms with Crippen LogP contribution < -0.4 is 4.74 Å². The van der Waals surface area contributed by atoms with Gasteiger partial charge in [0.15, 0.2) is 5.70 Å². The highest BCUT2D eigenvalue weighted by Crippen LogP contribution is 2.23. The van der Waals surface area contributed by atoms with Crippen molar-refractivity contribution in [2.75, 3.05) is 0 Å². The van der Waals surface area contributed by atoms with Gasteiger partial charge in [-0.15, -0.1) is 0 Å². The van der Waals surface area contributed by atoms with Crippen LogP contribution in [0.2, 0.25) is 0 Å². The van der Waals surface area contributed by atoms with Gasteiger partial charge in [0.05, 0.1) is 0 Å². The predicted octanol–water partition coefficient (Wildman–Crippen LogP) is 5.29. The minimum Gasteiger partial charge on any atom is -0.423 e. The first kappa shape index (κ1) is 20.6. The molecule has 0 N–H and O–H groups in total. The summed E-state index contributed by atoms with van der Waals surface area (Å²) in [6, 6.07) is 16.3. The highest BCUT2D eigenvalue weighted by atomic mass is 79.9. The highest BCUT2D eigenvalue weighted by Gasteiger charge is 2.24. The van der Waals surface area contributed by atoms with Crippen LogP contribution in [0.5, 0.6) is 5.75 Å². The molecule has 154 valence electrons. The van der Waals surface area contributed by atoms with E-state index < -0.39 is 29.1 Å². The molecule has 31 heavy (non-hydrogen) atoms. The van der Waals surface area contributed by atoms with Gasteiger partial charge in [0, 0.05) is 10.0 Å². The summed E-state index contributed by atoms with van der Waals surface area (Å²) >= 11 is 3.35. The number of carbonyl (C=O) groups is 2. The van der Waals surface area contributed by atoms with E-state index >= 15 is 0 Å². The number of hydrogen-bond donors (Lipinski definition) is 0. The molecule has 0 amide bonds. The lowest BCUT2D eigenvalue weighted by Gasteiger charge is -2.06. The summed E-state index contributed by atoms with van der Waals surface area (Å²) in [7, 11) is 0. The molecular weight excluding hydrogens is 472 g/mol. The van der Waals surface area contributed by atoms with Crippen LogP contribution in [0.25, 0.3) is 6.08 Å². The Morgan fingerprint density at radius 2 is 1.68 bits per heavy atom. The Morgan fingerprint density at radius 3 is 2.35 bits per heavy atom. The highest BCUT2D eigenvalue weighted by molar-refractivity contribution is 9.10. The molecule has 5 nitrogen and oxygen atoms in total. The molecule has 0 spiro atoms. The maximum Gasteiger partial charge on any atom is 0.363 e. The number of esters is 2. The fraction of sp³-hybridized carbons (Fsp3) is 0. The van der Waals surface area contributed by atoms with Crippen molar-refractivity contribution in [3.05, 3.63) is 105 Å². The molecular formula is C23H12BrF2NO4. The Kier molecular flexibility index (Phi) is 5.73. The zero-order chi connectivity index (χ0) is 22.0. The van der Waals surface area contributed by atoms with E-state index in [2.05, 4.69) is 20.9 Å². The number of hydrogen-bond acceptors (Lipinski definition) is 5. The van der Waals surface area contributed by atoms with Crippen LogP contribution in [0, 0.1) is 11.6 Å². The molecule has 3 aromatic carbocycles. The van der Waals surface area contributed by atoms with Gasteiger partial charge in [-0.3, -0.25) is 0 Å². The Bertz CT molecular complexity index is 1230. The van der Waals surface area contributed by atoms with Crippen molar-refractivity contribution in [1.29, 1.82) is 0 Å². The first-order chi connectivity index (χ1) is 14.9. The Balaban J connectivity index is 1.51. The van der Waals surface area contributed by atoms with E-state index in [4.69, 9.17) is 9.47 Å². The summed E-state index contributed by atoms with van der Waals surface area (Å²) < 4.78 is 38.5. The van der Waals surface area contributed by atoms with Gasteiger partial charge in [-0.1, -0.05) is 40.2 Å². The molecule has 0 fully saturated rings. The van der Waals surface area contributed by atoms with E-state index in [-0.39, 0.29) is 17.3 Å². The van der Waals surface area contributed by atoms with Gasteiger partial charge in [-0.05, 0) is 54.1 Å². The molecule has 0 saturated carbocycles. The second kappa shape index (κ2) is 8.61. The van der Waals surface area contributed by atoms with Crippen LogP contribution in [0.1, 0.15) is 21.5 Å². The number of halogens is 3. The third-order valence-electron chi connectivity index (χ3n) is 4.25. The lowest BCUT2D eigenvalue weighted by Crippen LogP contribution is -2.13. The Hall–Kier alpha value is -3.65. The summed E-state index contributed by atoms with van der Waals surface area (Å²) in [5, 5.41) is 0. The van der Waals surface area contributed by atoms with Crippen LogP contribution in [0.4, 0.5) is 8.78 Å². The summed E-state index contributed by atoms with van der Waals surface area (Å²) in [5.41, 5.74) is 0.571. The van der Waals surface area contributed by atoms with Crippen molar-refractivity contribution < 1.29 is 27.8 Å². The van der Waals surface area contributed by atoms with E-state index in [1.165, 1.54) is 18.2 Å². The van der Waals surface area contributed by atoms with Gasteiger partial charge in [0.25, 0.3) is 0 Å². The second-order valence-electron chi connectivity index (χ2n) is 6.40. The first-order valence-corrected chi connectivity index (χ1v) is 9.75. The summed E-state index contributed by atoms with van der Waals surface area (Å²) in [6.07, 6.45) is 1.51. The normalized spacial score (nSPS) is 14.4. The molecule has 0 bridgehead atoms. The van der Waals surface area contributed by atoms with Crippen LogP contribution in [-0.2, 0) is 9.53 Å². The van der Waals surface area contributed by atoms with Crippen molar-refractivity contribution in [2.45, 2.75) is 0 Å². The van der Waals surface area contributed by atoms with Crippen LogP contribution in [-0.4, -0.2) is 17.8 Å². The van der Waals surface area contributed by atoms with E-state index in [0.29, 0.717) is 11.1 Å². The Labute approximate surface area is 183 Å². The maximum absolute atomic E-state index is 13.7. The minimum atomic E-state index is -1.15. The molecule has 0 atom stereocenters. The van der Waals surface area contributed by atoms with E-state index in [1.54, 1.807) is 30.3 Å². The summed E-state index contributed by atoms with van der Waals surface area (Å²) in [6.45, 7) is 0. The molecule has 8 heteroatoms. The van der Waals surface area contributed by atoms with Gasteiger partial charge in [-0.2, -0.15) is 0 Å². The van der Waals surface area contributed by atoms with Crippen molar-refractivity contribution in [3.63, 3.8) is 0 Å². The number of benzene rings is 3. The topological polar surface area (TPSA) is 65.0 Å². The third-order valence-corrected chi connectivity index (χ3v) is 4.75. The van der Waals surface area contributed by atoms with Crippen molar-refractivity contribution in [3.8, 4) is 5.75 Å². The zero-order valence-corrected chi connectivity index (χ0v) is 17.2. The predicted molar refractivity (Wildman–Crippen MR) is 113 cm³/mol. The van der Waals surface area contributed by atoms with Crippen LogP contribution >= 0.6 is 15.9 Å². The van der Waals surface area contributed by atoms with Crippen molar-refractivity contribution in [1.82, 2.24) is 0 Å². The molecule has 1 heterocycles.